The number of hydrogen-bond donors (Lipinski definition) is 3. The minimum Gasteiger partial charge on any atom is -0.506 e. The molecule has 0 unspecified atom stereocenters. The Balaban J connectivity index is 1.77. The van der Waals surface area contributed by atoms with Crippen molar-refractivity contribution in [3.05, 3.63) is 24.0 Å². The van der Waals surface area contributed by atoms with Gasteiger partial charge in [-0.1, -0.05) is 12.8 Å². The van der Waals surface area contributed by atoms with Gasteiger partial charge in [-0.2, -0.15) is 0 Å². The number of nitrogens with zero attached hydrogens (tertiary/aromatic N) is 1. The van der Waals surface area contributed by atoms with Crippen LogP contribution in [0, 0.1) is 0 Å². The molecule has 4 nitrogen and oxygen atoms in total. The van der Waals surface area contributed by atoms with E-state index in [9.17, 15) is 5.11 Å². The Kier molecular flexibility index (Phi) is 3.41. The molecular formula is C12H18N2O2. The third kappa shape index (κ3) is 2.93. The predicted molar refractivity (Wildman–Crippen MR) is 61.0 cm³/mol. The van der Waals surface area contributed by atoms with Gasteiger partial charge in [0.05, 0.1) is 17.5 Å². The maximum absolute atomic E-state index is 10.1. The zero-order chi connectivity index (χ0) is 11.4. The molecule has 0 saturated heterocycles. The summed E-state index contributed by atoms with van der Waals surface area (Å²) in [6.45, 7) is 1.25. The first kappa shape index (κ1) is 11.4. The Hall–Kier alpha value is -1.13. The Labute approximate surface area is 95.3 Å². The summed E-state index contributed by atoms with van der Waals surface area (Å²) in [6, 6.07) is 3.40. The lowest BCUT2D eigenvalue weighted by Crippen LogP contribution is -2.37. The number of aliphatic hydroxyl groups is 1. The molecule has 2 rings (SSSR count). The molecule has 1 aliphatic rings. The molecular weight excluding hydrogens is 204 g/mol. The minimum absolute atomic E-state index is 0.179. The average Bonchev–Trinajstić information content (AvgIpc) is 2.69. The fourth-order valence-electron chi connectivity index (χ4n) is 2.15. The maximum Gasteiger partial charge on any atom is 0.133 e. The molecule has 1 fully saturated rings. The number of aromatic hydroxyl groups is 1. The van der Waals surface area contributed by atoms with Gasteiger partial charge < -0.3 is 15.5 Å². The van der Waals surface area contributed by atoms with E-state index >= 15 is 0 Å². The van der Waals surface area contributed by atoms with Crippen molar-refractivity contribution in [2.24, 2.45) is 0 Å². The summed E-state index contributed by atoms with van der Waals surface area (Å²) in [6.07, 6.45) is 5.46. The summed E-state index contributed by atoms with van der Waals surface area (Å²) in [4.78, 5) is 4.07. The van der Waals surface area contributed by atoms with Crippen LogP contribution in [0.25, 0.3) is 0 Å². The van der Waals surface area contributed by atoms with Gasteiger partial charge in [-0.3, -0.25) is 4.98 Å². The smallest absolute Gasteiger partial charge is 0.133 e. The number of pyridine rings is 1. The van der Waals surface area contributed by atoms with Gasteiger partial charge in [0, 0.05) is 13.1 Å². The molecule has 1 heterocycles. The predicted octanol–water partition coefficient (Wildman–Crippen LogP) is 1.18. The number of nitrogens with one attached hydrogen (secondary N) is 1. The van der Waals surface area contributed by atoms with Crippen LogP contribution in [0.5, 0.6) is 5.75 Å². The Morgan fingerprint density at radius 2 is 2.06 bits per heavy atom. The van der Waals surface area contributed by atoms with Gasteiger partial charge >= 0.3 is 0 Å². The normalized spacial score (nSPS) is 18.8. The van der Waals surface area contributed by atoms with Crippen LogP contribution in [-0.4, -0.2) is 27.3 Å². The molecule has 3 N–H and O–H groups in total. The van der Waals surface area contributed by atoms with Crippen molar-refractivity contribution in [1.82, 2.24) is 10.3 Å². The molecule has 0 bridgehead atoms. The molecule has 1 aliphatic carbocycles. The van der Waals surface area contributed by atoms with Gasteiger partial charge in [0.15, 0.2) is 0 Å². The second kappa shape index (κ2) is 4.80. The first-order valence-electron chi connectivity index (χ1n) is 5.75. The fourth-order valence-corrected chi connectivity index (χ4v) is 2.15. The average molecular weight is 222 g/mol. The van der Waals surface area contributed by atoms with Crippen LogP contribution in [0.2, 0.25) is 0 Å². The summed E-state index contributed by atoms with van der Waals surface area (Å²) in [5.41, 5.74) is 0.357. The van der Waals surface area contributed by atoms with Gasteiger partial charge in [-0.15, -0.1) is 0 Å². The molecule has 4 heteroatoms. The molecule has 0 radical (unpaired) electrons. The highest BCUT2D eigenvalue weighted by Gasteiger charge is 2.30. The van der Waals surface area contributed by atoms with Crippen molar-refractivity contribution in [3.63, 3.8) is 0 Å². The van der Waals surface area contributed by atoms with Gasteiger partial charge in [0.1, 0.15) is 5.75 Å². The molecule has 1 aromatic heterocycles. The lowest BCUT2D eigenvalue weighted by molar-refractivity contribution is 0.0474. The molecule has 0 aromatic carbocycles. The minimum atomic E-state index is -0.517. The van der Waals surface area contributed by atoms with Gasteiger partial charge in [0.25, 0.3) is 0 Å². The third-order valence-corrected chi connectivity index (χ3v) is 3.10. The highest BCUT2D eigenvalue weighted by atomic mass is 16.3. The summed E-state index contributed by atoms with van der Waals surface area (Å²) < 4.78 is 0. The highest BCUT2D eigenvalue weighted by molar-refractivity contribution is 5.17. The highest BCUT2D eigenvalue weighted by Crippen LogP contribution is 2.28. The van der Waals surface area contributed by atoms with Crippen LogP contribution < -0.4 is 5.32 Å². The fraction of sp³-hybridized carbons (Fsp3) is 0.583. The monoisotopic (exact) mass is 222 g/mol. The summed E-state index contributed by atoms with van der Waals surface area (Å²) in [5, 5.41) is 22.4. The molecule has 88 valence electrons. The van der Waals surface area contributed by atoms with Gasteiger partial charge in [-0.25, -0.2) is 0 Å². The standard InChI is InChI=1S/C12H18N2O2/c15-11-4-3-10(14-8-11)7-13-9-12(16)5-1-2-6-12/h3-4,8,13,15-16H,1-2,5-7,9H2. The third-order valence-electron chi connectivity index (χ3n) is 3.10. The van der Waals surface area contributed by atoms with Crippen LogP contribution >= 0.6 is 0 Å². The van der Waals surface area contributed by atoms with Crippen molar-refractivity contribution in [1.29, 1.82) is 0 Å². The molecule has 0 aliphatic heterocycles. The summed E-state index contributed by atoms with van der Waals surface area (Å²) >= 11 is 0. The van der Waals surface area contributed by atoms with Crippen LogP contribution in [-0.2, 0) is 6.54 Å². The lowest BCUT2D eigenvalue weighted by atomic mass is 10.0. The molecule has 0 atom stereocenters. The topological polar surface area (TPSA) is 65.4 Å². The van der Waals surface area contributed by atoms with Crippen molar-refractivity contribution >= 4 is 0 Å². The van der Waals surface area contributed by atoms with E-state index in [1.54, 1.807) is 12.1 Å². The first-order valence-corrected chi connectivity index (χ1v) is 5.75. The Morgan fingerprint density at radius 3 is 2.69 bits per heavy atom. The zero-order valence-electron chi connectivity index (χ0n) is 9.32. The second-order valence-electron chi connectivity index (χ2n) is 4.54. The molecule has 0 amide bonds. The van der Waals surface area contributed by atoms with Crippen LogP contribution in [0.15, 0.2) is 18.3 Å². The number of aromatic nitrogens is 1. The van der Waals surface area contributed by atoms with Crippen LogP contribution in [0.3, 0.4) is 0 Å². The van der Waals surface area contributed by atoms with Crippen molar-refractivity contribution in [2.75, 3.05) is 6.54 Å². The summed E-state index contributed by atoms with van der Waals surface area (Å²) in [5.74, 6) is 0.179. The van der Waals surface area contributed by atoms with Gasteiger partial charge in [-0.05, 0) is 25.0 Å². The maximum atomic E-state index is 10.1. The van der Waals surface area contributed by atoms with E-state index in [1.807, 2.05) is 0 Å². The molecule has 16 heavy (non-hydrogen) atoms. The Morgan fingerprint density at radius 1 is 1.31 bits per heavy atom. The Bertz CT molecular complexity index is 331. The van der Waals surface area contributed by atoms with E-state index < -0.39 is 5.60 Å². The van der Waals surface area contributed by atoms with E-state index in [0.717, 1.165) is 31.4 Å². The molecule has 0 spiro atoms. The quantitative estimate of drug-likeness (QED) is 0.715. The second-order valence-corrected chi connectivity index (χ2v) is 4.54. The zero-order valence-corrected chi connectivity index (χ0v) is 9.32. The van der Waals surface area contributed by atoms with Crippen molar-refractivity contribution < 1.29 is 10.2 Å². The lowest BCUT2D eigenvalue weighted by Gasteiger charge is -2.22. The van der Waals surface area contributed by atoms with E-state index in [4.69, 9.17) is 5.11 Å². The first-order chi connectivity index (χ1) is 7.68. The van der Waals surface area contributed by atoms with E-state index in [-0.39, 0.29) is 5.75 Å². The molecule has 1 aromatic rings. The van der Waals surface area contributed by atoms with E-state index in [0.29, 0.717) is 13.1 Å². The van der Waals surface area contributed by atoms with E-state index in [2.05, 4.69) is 10.3 Å². The number of rotatable bonds is 4. The van der Waals surface area contributed by atoms with Crippen molar-refractivity contribution in [2.45, 2.75) is 37.8 Å². The van der Waals surface area contributed by atoms with Crippen LogP contribution in [0.1, 0.15) is 31.4 Å². The van der Waals surface area contributed by atoms with Crippen molar-refractivity contribution in [3.8, 4) is 5.75 Å². The number of hydrogen-bond acceptors (Lipinski definition) is 4. The van der Waals surface area contributed by atoms with Gasteiger partial charge in [0.2, 0.25) is 0 Å². The SMILES string of the molecule is Oc1ccc(CNCC2(O)CCCC2)nc1. The molecule has 1 saturated carbocycles. The largest absolute Gasteiger partial charge is 0.506 e. The summed E-state index contributed by atoms with van der Waals surface area (Å²) in [7, 11) is 0. The van der Waals surface area contributed by atoms with E-state index in [1.165, 1.54) is 6.20 Å². The van der Waals surface area contributed by atoms with Crippen LogP contribution in [0.4, 0.5) is 0 Å².